The first-order valence-electron chi connectivity index (χ1n) is 4.42. The van der Waals surface area contributed by atoms with Gasteiger partial charge in [-0.25, -0.2) is 0 Å². The summed E-state index contributed by atoms with van der Waals surface area (Å²) in [5, 5.41) is 28.7. The minimum atomic E-state index is -0.429. The van der Waals surface area contributed by atoms with Crippen molar-refractivity contribution in [1.29, 1.82) is 10.7 Å². The molecule has 0 saturated heterocycles. The van der Waals surface area contributed by atoms with Gasteiger partial charge >= 0.3 is 0 Å². The third-order valence-electron chi connectivity index (χ3n) is 1.80. The summed E-state index contributed by atoms with van der Waals surface area (Å²) >= 11 is 0. The minimum Gasteiger partial charge on any atom is -0.506 e. The van der Waals surface area contributed by atoms with E-state index in [1.165, 1.54) is 0 Å². The smallest absolute Gasteiger partial charge is 0.201 e. The zero-order valence-electron chi connectivity index (χ0n) is 8.65. The second-order valence-electron chi connectivity index (χ2n) is 3.12. The minimum absolute atomic E-state index is 0.0181. The maximum absolute atomic E-state index is 9.52. The summed E-state index contributed by atoms with van der Waals surface area (Å²) in [6, 6.07) is 6.60. The van der Waals surface area contributed by atoms with Crippen LogP contribution in [0.4, 0.5) is 5.69 Å². The number of amidine groups is 1. The number of hydrazone groups is 1. The lowest BCUT2D eigenvalue weighted by Gasteiger charge is -2.04. The van der Waals surface area contributed by atoms with Gasteiger partial charge in [0, 0.05) is 0 Å². The van der Waals surface area contributed by atoms with E-state index in [0.29, 0.717) is 5.69 Å². The van der Waals surface area contributed by atoms with E-state index in [9.17, 15) is 5.11 Å². The number of aryl methyl sites for hydroxylation is 1. The van der Waals surface area contributed by atoms with Crippen molar-refractivity contribution in [1.82, 2.24) is 0 Å². The fraction of sp³-hybridized carbons (Fsp3) is 0.100. The number of phenols is 1. The van der Waals surface area contributed by atoms with Crippen molar-refractivity contribution in [3.05, 3.63) is 23.8 Å². The predicted molar refractivity (Wildman–Crippen MR) is 61.4 cm³/mol. The molecule has 0 amide bonds. The van der Waals surface area contributed by atoms with Gasteiger partial charge in [0.1, 0.15) is 11.8 Å². The first-order chi connectivity index (χ1) is 7.54. The molecule has 0 bridgehead atoms. The molecule has 1 rings (SSSR count). The van der Waals surface area contributed by atoms with E-state index in [4.69, 9.17) is 16.4 Å². The summed E-state index contributed by atoms with van der Waals surface area (Å²) in [4.78, 5) is 0. The third-order valence-corrected chi connectivity index (χ3v) is 1.80. The summed E-state index contributed by atoms with van der Waals surface area (Å²) in [7, 11) is 0. The molecule has 82 valence electrons. The first-order valence-corrected chi connectivity index (χ1v) is 4.42. The molecule has 0 heterocycles. The van der Waals surface area contributed by atoms with E-state index in [1.54, 1.807) is 24.3 Å². The molecule has 6 heteroatoms. The van der Waals surface area contributed by atoms with E-state index >= 15 is 0 Å². The molecule has 1 aromatic carbocycles. The van der Waals surface area contributed by atoms with Crippen molar-refractivity contribution in [2.75, 3.05) is 5.43 Å². The largest absolute Gasteiger partial charge is 0.506 e. The highest BCUT2D eigenvalue weighted by Crippen LogP contribution is 2.23. The maximum atomic E-state index is 9.52. The van der Waals surface area contributed by atoms with Crippen molar-refractivity contribution in [2.24, 2.45) is 10.8 Å². The average molecular weight is 217 g/mol. The van der Waals surface area contributed by atoms with Crippen LogP contribution in [0.5, 0.6) is 5.75 Å². The highest BCUT2D eigenvalue weighted by molar-refractivity contribution is 6.45. The Kier molecular flexibility index (Phi) is 3.45. The number of anilines is 1. The van der Waals surface area contributed by atoms with Crippen molar-refractivity contribution in [3.63, 3.8) is 0 Å². The Morgan fingerprint density at radius 1 is 1.62 bits per heavy atom. The average Bonchev–Trinajstić information content (AvgIpc) is 2.21. The number of nitrogens with one attached hydrogen (secondary N) is 2. The number of nitrogens with zero attached hydrogens (tertiary/aromatic N) is 2. The zero-order chi connectivity index (χ0) is 12.1. The van der Waals surface area contributed by atoms with Crippen molar-refractivity contribution in [2.45, 2.75) is 6.92 Å². The number of phenolic OH excluding ortho intramolecular Hbond substituents is 1. The molecular weight excluding hydrogens is 206 g/mol. The van der Waals surface area contributed by atoms with Crippen LogP contribution in [0.2, 0.25) is 0 Å². The highest BCUT2D eigenvalue weighted by atomic mass is 16.3. The topological polar surface area (TPSA) is 118 Å². The highest BCUT2D eigenvalue weighted by Gasteiger charge is 2.03. The summed E-state index contributed by atoms with van der Waals surface area (Å²) in [5.41, 5.74) is 8.58. The normalized spacial score (nSPS) is 10.6. The summed E-state index contributed by atoms with van der Waals surface area (Å²) < 4.78 is 0. The Balaban J connectivity index is 2.90. The molecule has 0 radical (unpaired) electrons. The van der Waals surface area contributed by atoms with Gasteiger partial charge in [-0.3, -0.25) is 10.8 Å². The quantitative estimate of drug-likeness (QED) is 0.260. The van der Waals surface area contributed by atoms with E-state index in [-0.39, 0.29) is 11.5 Å². The van der Waals surface area contributed by atoms with Gasteiger partial charge in [0.25, 0.3) is 0 Å². The monoisotopic (exact) mass is 217 g/mol. The van der Waals surface area contributed by atoms with Crippen LogP contribution < -0.4 is 11.2 Å². The lowest BCUT2D eigenvalue weighted by molar-refractivity contribution is 0.477. The molecule has 0 atom stereocenters. The molecule has 0 aliphatic carbocycles. The number of nitrogens with two attached hydrogens (primary N) is 1. The Morgan fingerprint density at radius 3 is 2.81 bits per heavy atom. The molecular formula is C10H11N5O. The Labute approximate surface area is 92.5 Å². The van der Waals surface area contributed by atoms with Gasteiger partial charge < -0.3 is 10.8 Å². The van der Waals surface area contributed by atoms with Crippen LogP contribution in [0.15, 0.2) is 23.3 Å². The van der Waals surface area contributed by atoms with Gasteiger partial charge in [-0.05, 0) is 24.6 Å². The summed E-state index contributed by atoms with van der Waals surface area (Å²) in [6.07, 6.45) is 0. The van der Waals surface area contributed by atoms with Crippen molar-refractivity contribution < 1.29 is 5.11 Å². The SMILES string of the molecule is Cc1ccc(N/N=C(\C#N)C(=N)N)c(O)c1. The van der Waals surface area contributed by atoms with Crippen LogP contribution in [0, 0.1) is 23.7 Å². The number of aromatic hydroxyl groups is 1. The molecule has 5 N–H and O–H groups in total. The molecule has 0 aliphatic rings. The first kappa shape index (κ1) is 11.5. The van der Waals surface area contributed by atoms with Crippen LogP contribution in [0.3, 0.4) is 0 Å². The molecule has 0 aliphatic heterocycles. The Hall–Kier alpha value is -2.55. The van der Waals surface area contributed by atoms with E-state index in [1.807, 2.05) is 6.92 Å². The van der Waals surface area contributed by atoms with Gasteiger partial charge in [-0.2, -0.15) is 10.4 Å². The molecule has 0 saturated carbocycles. The molecule has 0 spiro atoms. The van der Waals surface area contributed by atoms with Crippen LogP contribution in [-0.2, 0) is 0 Å². The number of rotatable bonds is 3. The predicted octanol–water partition coefficient (Wildman–Crippen LogP) is 0.928. The van der Waals surface area contributed by atoms with Crippen LogP contribution in [0.1, 0.15) is 5.56 Å². The number of benzene rings is 1. The molecule has 6 nitrogen and oxygen atoms in total. The molecule has 1 aromatic rings. The van der Waals surface area contributed by atoms with Crippen molar-refractivity contribution in [3.8, 4) is 11.8 Å². The third kappa shape index (κ3) is 2.72. The molecule has 0 unspecified atom stereocenters. The van der Waals surface area contributed by atoms with Gasteiger partial charge in [-0.1, -0.05) is 6.07 Å². The Morgan fingerprint density at radius 2 is 2.31 bits per heavy atom. The zero-order valence-corrected chi connectivity index (χ0v) is 8.65. The van der Waals surface area contributed by atoms with Gasteiger partial charge in [0.2, 0.25) is 5.71 Å². The van der Waals surface area contributed by atoms with Crippen LogP contribution >= 0.6 is 0 Å². The summed E-state index contributed by atoms with van der Waals surface area (Å²) in [6.45, 7) is 1.84. The molecule has 16 heavy (non-hydrogen) atoms. The number of hydrogen-bond donors (Lipinski definition) is 4. The number of hydrogen-bond acceptors (Lipinski definition) is 5. The lowest BCUT2D eigenvalue weighted by atomic mass is 10.2. The number of nitriles is 1. The molecule has 0 aromatic heterocycles. The second kappa shape index (κ2) is 4.79. The Bertz CT molecular complexity index is 486. The maximum Gasteiger partial charge on any atom is 0.201 e. The standard InChI is InChI=1S/C10H11N5O/c1-6-2-3-7(9(16)4-6)14-15-8(5-11)10(12)13/h2-4,14,16H,1H3,(H3,12,13)/b15-8+. The second-order valence-corrected chi connectivity index (χ2v) is 3.12. The van der Waals surface area contributed by atoms with Crippen LogP contribution in [-0.4, -0.2) is 16.7 Å². The van der Waals surface area contributed by atoms with E-state index in [0.717, 1.165) is 5.56 Å². The summed E-state index contributed by atoms with van der Waals surface area (Å²) in [5.74, 6) is -0.411. The van der Waals surface area contributed by atoms with Crippen LogP contribution in [0.25, 0.3) is 0 Å². The van der Waals surface area contributed by atoms with Gasteiger partial charge in [0.15, 0.2) is 5.84 Å². The fourth-order valence-electron chi connectivity index (χ4n) is 0.998. The van der Waals surface area contributed by atoms with E-state index < -0.39 is 5.84 Å². The fourth-order valence-corrected chi connectivity index (χ4v) is 0.998. The van der Waals surface area contributed by atoms with Gasteiger partial charge in [-0.15, -0.1) is 0 Å². The van der Waals surface area contributed by atoms with Gasteiger partial charge in [0.05, 0.1) is 5.69 Å². The lowest BCUT2D eigenvalue weighted by Crippen LogP contribution is -2.21. The van der Waals surface area contributed by atoms with E-state index in [2.05, 4.69) is 10.5 Å². The molecule has 0 fully saturated rings. The van der Waals surface area contributed by atoms with Crippen molar-refractivity contribution >= 4 is 17.2 Å².